The summed E-state index contributed by atoms with van der Waals surface area (Å²) in [7, 11) is 0. The van der Waals surface area contributed by atoms with E-state index in [1.165, 1.54) is 17.8 Å². The first-order chi connectivity index (χ1) is 10.5. The van der Waals surface area contributed by atoms with Crippen molar-refractivity contribution in [2.75, 3.05) is 11.9 Å². The van der Waals surface area contributed by atoms with E-state index in [2.05, 4.69) is 22.4 Å². The predicted molar refractivity (Wildman–Crippen MR) is 86.9 cm³/mol. The Labute approximate surface area is 135 Å². The Morgan fingerprint density at radius 2 is 2.09 bits per heavy atom. The van der Waals surface area contributed by atoms with Crippen LogP contribution in [0.3, 0.4) is 0 Å². The first-order valence-electron chi connectivity index (χ1n) is 7.90. The molecule has 0 saturated carbocycles. The fourth-order valence-electron chi connectivity index (χ4n) is 2.53. The van der Waals surface area contributed by atoms with Crippen LogP contribution < -0.4 is 5.32 Å². The SMILES string of the molecule is CC(C)c1nnc(NC(=O)CCC(=O)N2CCCC[C@H]2C)s1. The van der Waals surface area contributed by atoms with Crippen molar-refractivity contribution in [2.45, 2.75) is 64.8 Å². The molecule has 2 amide bonds. The minimum atomic E-state index is -0.176. The zero-order valence-electron chi connectivity index (χ0n) is 13.5. The normalized spacial score (nSPS) is 18.5. The van der Waals surface area contributed by atoms with Gasteiger partial charge in [0, 0.05) is 31.3 Å². The molecule has 1 aromatic rings. The molecular weight excluding hydrogens is 300 g/mol. The van der Waals surface area contributed by atoms with E-state index in [0.29, 0.717) is 17.1 Å². The fraction of sp³-hybridized carbons (Fsp3) is 0.733. The number of carbonyl (C=O) groups is 2. The maximum Gasteiger partial charge on any atom is 0.226 e. The van der Waals surface area contributed by atoms with Crippen molar-refractivity contribution in [3.63, 3.8) is 0 Å². The summed E-state index contributed by atoms with van der Waals surface area (Å²) >= 11 is 1.38. The topological polar surface area (TPSA) is 75.2 Å². The first-order valence-corrected chi connectivity index (χ1v) is 8.71. The van der Waals surface area contributed by atoms with Gasteiger partial charge in [-0.25, -0.2) is 0 Å². The van der Waals surface area contributed by atoms with E-state index >= 15 is 0 Å². The maximum atomic E-state index is 12.2. The van der Waals surface area contributed by atoms with Crippen LogP contribution in [0.25, 0.3) is 0 Å². The van der Waals surface area contributed by atoms with Crippen molar-refractivity contribution >= 4 is 28.3 Å². The molecule has 0 spiro atoms. The summed E-state index contributed by atoms with van der Waals surface area (Å²) in [4.78, 5) is 26.0. The van der Waals surface area contributed by atoms with Crippen LogP contribution in [0.15, 0.2) is 0 Å². The van der Waals surface area contributed by atoms with Crippen molar-refractivity contribution < 1.29 is 9.59 Å². The number of likely N-dealkylation sites (tertiary alicyclic amines) is 1. The second-order valence-corrected chi connectivity index (χ2v) is 7.09. The Bertz CT molecular complexity index is 529. The van der Waals surface area contributed by atoms with Crippen LogP contribution in [0, 0.1) is 0 Å². The van der Waals surface area contributed by atoms with Gasteiger partial charge in [0.25, 0.3) is 0 Å². The summed E-state index contributed by atoms with van der Waals surface area (Å²) in [5.41, 5.74) is 0. The number of amides is 2. The Morgan fingerprint density at radius 1 is 1.32 bits per heavy atom. The quantitative estimate of drug-likeness (QED) is 0.903. The molecule has 0 aromatic carbocycles. The highest BCUT2D eigenvalue weighted by Gasteiger charge is 2.23. The van der Waals surface area contributed by atoms with Crippen molar-refractivity contribution in [1.29, 1.82) is 0 Å². The average Bonchev–Trinajstić information content (AvgIpc) is 2.94. The van der Waals surface area contributed by atoms with Crippen LogP contribution in [-0.4, -0.2) is 39.5 Å². The summed E-state index contributed by atoms with van der Waals surface area (Å²) in [5.74, 6) is 0.192. The zero-order valence-corrected chi connectivity index (χ0v) is 14.3. The Hall–Kier alpha value is -1.50. The number of nitrogens with zero attached hydrogens (tertiary/aromatic N) is 3. The van der Waals surface area contributed by atoms with Gasteiger partial charge in [-0.3, -0.25) is 9.59 Å². The molecule has 0 bridgehead atoms. The molecule has 0 aliphatic carbocycles. The van der Waals surface area contributed by atoms with E-state index < -0.39 is 0 Å². The van der Waals surface area contributed by atoms with Crippen molar-refractivity contribution in [3.05, 3.63) is 5.01 Å². The summed E-state index contributed by atoms with van der Waals surface area (Å²) in [6, 6.07) is 0.293. The molecule has 122 valence electrons. The minimum absolute atomic E-state index is 0.0717. The van der Waals surface area contributed by atoms with E-state index in [-0.39, 0.29) is 24.7 Å². The minimum Gasteiger partial charge on any atom is -0.340 e. The molecule has 1 aliphatic rings. The van der Waals surface area contributed by atoms with Crippen molar-refractivity contribution in [1.82, 2.24) is 15.1 Å². The molecule has 6 nitrogen and oxygen atoms in total. The van der Waals surface area contributed by atoms with Crippen LogP contribution in [0.5, 0.6) is 0 Å². The monoisotopic (exact) mass is 324 g/mol. The van der Waals surface area contributed by atoms with Gasteiger partial charge < -0.3 is 10.2 Å². The van der Waals surface area contributed by atoms with E-state index in [9.17, 15) is 9.59 Å². The molecule has 2 rings (SSSR count). The fourth-order valence-corrected chi connectivity index (χ4v) is 3.29. The highest BCUT2D eigenvalue weighted by atomic mass is 32.1. The van der Waals surface area contributed by atoms with Gasteiger partial charge in [0.15, 0.2) is 0 Å². The number of aromatic nitrogens is 2. The Morgan fingerprint density at radius 3 is 2.73 bits per heavy atom. The summed E-state index contributed by atoms with van der Waals surface area (Å²) in [5, 5.41) is 12.1. The molecule has 1 fully saturated rings. The molecule has 0 unspecified atom stereocenters. The third kappa shape index (κ3) is 4.50. The molecule has 7 heteroatoms. The van der Waals surface area contributed by atoms with Gasteiger partial charge in [0.2, 0.25) is 16.9 Å². The molecule has 1 atom stereocenters. The van der Waals surface area contributed by atoms with E-state index in [4.69, 9.17) is 0 Å². The standard InChI is InChI=1S/C15H24N4O2S/c1-10(2)14-17-18-15(22-14)16-12(20)7-8-13(21)19-9-5-4-6-11(19)3/h10-11H,4-9H2,1-3H3,(H,16,18,20)/t11-/m1/s1. The molecule has 2 heterocycles. The molecule has 1 N–H and O–H groups in total. The van der Waals surface area contributed by atoms with E-state index in [1.54, 1.807) is 0 Å². The predicted octanol–water partition coefficient (Wildman–Crippen LogP) is 2.78. The van der Waals surface area contributed by atoms with Gasteiger partial charge in [-0.2, -0.15) is 0 Å². The van der Waals surface area contributed by atoms with Crippen molar-refractivity contribution in [3.8, 4) is 0 Å². The van der Waals surface area contributed by atoms with Gasteiger partial charge in [0.1, 0.15) is 5.01 Å². The lowest BCUT2D eigenvalue weighted by Crippen LogP contribution is -2.42. The van der Waals surface area contributed by atoms with E-state index in [0.717, 1.165) is 24.4 Å². The molecular formula is C15H24N4O2S. The summed E-state index contributed by atoms with van der Waals surface area (Å²) in [6.45, 7) is 6.96. The van der Waals surface area contributed by atoms with E-state index in [1.807, 2.05) is 18.7 Å². The lowest BCUT2D eigenvalue weighted by atomic mass is 10.0. The van der Waals surface area contributed by atoms with Crippen LogP contribution in [0.4, 0.5) is 5.13 Å². The summed E-state index contributed by atoms with van der Waals surface area (Å²) in [6.07, 6.45) is 3.75. The van der Waals surface area contributed by atoms with Gasteiger partial charge in [-0.1, -0.05) is 25.2 Å². The molecule has 1 aromatic heterocycles. The van der Waals surface area contributed by atoms with Crippen LogP contribution in [0.1, 0.15) is 63.8 Å². The molecule has 22 heavy (non-hydrogen) atoms. The van der Waals surface area contributed by atoms with Gasteiger partial charge >= 0.3 is 0 Å². The molecule has 0 radical (unpaired) electrons. The third-order valence-corrected chi connectivity index (χ3v) is 5.01. The number of hydrogen-bond acceptors (Lipinski definition) is 5. The third-order valence-electron chi connectivity index (χ3n) is 3.87. The zero-order chi connectivity index (χ0) is 16.1. The van der Waals surface area contributed by atoms with Gasteiger partial charge in [0.05, 0.1) is 0 Å². The Kier molecular flexibility index (Phi) is 5.88. The Balaban J connectivity index is 1.78. The highest BCUT2D eigenvalue weighted by Crippen LogP contribution is 2.22. The lowest BCUT2D eigenvalue weighted by Gasteiger charge is -2.33. The molecule has 1 saturated heterocycles. The smallest absolute Gasteiger partial charge is 0.226 e. The highest BCUT2D eigenvalue weighted by molar-refractivity contribution is 7.15. The number of rotatable bonds is 5. The lowest BCUT2D eigenvalue weighted by molar-refractivity contribution is -0.135. The number of nitrogens with one attached hydrogen (secondary N) is 1. The van der Waals surface area contributed by atoms with Crippen molar-refractivity contribution in [2.24, 2.45) is 0 Å². The first kappa shape index (κ1) is 16.9. The van der Waals surface area contributed by atoms with Gasteiger partial charge in [-0.05, 0) is 26.2 Å². The maximum absolute atomic E-state index is 12.2. The second-order valence-electron chi connectivity index (χ2n) is 6.08. The largest absolute Gasteiger partial charge is 0.340 e. The van der Waals surface area contributed by atoms with Crippen LogP contribution in [0.2, 0.25) is 0 Å². The number of hydrogen-bond donors (Lipinski definition) is 1. The average molecular weight is 324 g/mol. The summed E-state index contributed by atoms with van der Waals surface area (Å²) < 4.78 is 0. The number of carbonyl (C=O) groups excluding carboxylic acids is 2. The second kappa shape index (κ2) is 7.67. The van der Waals surface area contributed by atoms with Crippen LogP contribution >= 0.6 is 11.3 Å². The number of piperidine rings is 1. The van der Waals surface area contributed by atoms with Gasteiger partial charge in [-0.15, -0.1) is 10.2 Å². The number of anilines is 1. The molecule has 1 aliphatic heterocycles. The van der Waals surface area contributed by atoms with Crippen LogP contribution in [-0.2, 0) is 9.59 Å².